The summed E-state index contributed by atoms with van der Waals surface area (Å²) in [5.41, 5.74) is 3.09. The molecule has 0 amide bonds. The molecule has 0 saturated carbocycles. The summed E-state index contributed by atoms with van der Waals surface area (Å²) in [7, 11) is 0. The molecule has 0 N–H and O–H groups in total. The standard InChI is InChI=1S/C17H10Br2N2O2/c1-9-2-3-21-8-14(20-15(21)4-9)12-6-10-5-11(18)7-13(19)16(10)23-17(12)22/h2-8H,1H3. The van der Waals surface area contributed by atoms with E-state index in [1.54, 1.807) is 0 Å². The van der Waals surface area contributed by atoms with Crippen molar-refractivity contribution in [3.05, 3.63) is 67.7 Å². The molecule has 0 spiro atoms. The van der Waals surface area contributed by atoms with Crippen molar-refractivity contribution in [1.82, 2.24) is 9.38 Å². The summed E-state index contributed by atoms with van der Waals surface area (Å²) in [5, 5.41) is 0.828. The molecule has 23 heavy (non-hydrogen) atoms. The molecule has 0 radical (unpaired) electrons. The van der Waals surface area contributed by atoms with Crippen LogP contribution in [0.25, 0.3) is 27.9 Å². The fraction of sp³-hybridized carbons (Fsp3) is 0.0588. The third kappa shape index (κ3) is 2.52. The van der Waals surface area contributed by atoms with E-state index in [1.807, 2.05) is 54.0 Å². The summed E-state index contributed by atoms with van der Waals surface area (Å²) < 4.78 is 9.01. The highest BCUT2D eigenvalue weighted by Gasteiger charge is 2.13. The smallest absolute Gasteiger partial charge is 0.345 e. The molecule has 0 fully saturated rings. The lowest BCUT2D eigenvalue weighted by Gasteiger charge is -2.02. The predicted octanol–water partition coefficient (Wildman–Crippen LogP) is 4.94. The number of fused-ring (bicyclic) bond motifs is 2. The second-order valence-electron chi connectivity index (χ2n) is 5.35. The summed E-state index contributed by atoms with van der Waals surface area (Å²) in [6, 6.07) is 9.53. The summed E-state index contributed by atoms with van der Waals surface area (Å²) >= 11 is 6.87. The Kier molecular flexibility index (Phi) is 3.39. The number of nitrogens with zero attached hydrogens (tertiary/aromatic N) is 2. The average molecular weight is 434 g/mol. The third-order valence-electron chi connectivity index (χ3n) is 3.64. The van der Waals surface area contributed by atoms with Crippen molar-refractivity contribution in [2.45, 2.75) is 6.92 Å². The van der Waals surface area contributed by atoms with E-state index in [9.17, 15) is 4.79 Å². The lowest BCUT2D eigenvalue weighted by molar-refractivity contribution is 0.561. The summed E-state index contributed by atoms with van der Waals surface area (Å²) in [5.74, 6) is 0. The Bertz CT molecular complexity index is 1130. The number of imidazole rings is 1. The van der Waals surface area contributed by atoms with Crippen LogP contribution in [-0.4, -0.2) is 9.38 Å². The second kappa shape index (κ2) is 5.32. The number of pyridine rings is 1. The first-order valence-corrected chi connectivity index (χ1v) is 8.48. The lowest BCUT2D eigenvalue weighted by Crippen LogP contribution is -2.03. The number of hydrogen-bond donors (Lipinski definition) is 0. The average Bonchev–Trinajstić information content (AvgIpc) is 2.90. The quantitative estimate of drug-likeness (QED) is 0.399. The van der Waals surface area contributed by atoms with E-state index in [0.717, 1.165) is 25.5 Å². The van der Waals surface area contributed by atoms with Gasteiger partial charge in [-0.2, -0.15) is 0 Å². The van der Waals surface area contributed by atoms with Gasteiger partial charge >= 0.3 is 5.63 Å². The number of aryl methyl sites for hydroxylation is 1. The molecule has 0 unspecified atom stereocenters. The minimum absolute atomic E-state index is 0.402. The molecule has 0 bridgehead atoms. The molecule has 0 saturated heterocycles. The van der Waals surface area contributed by atoms with Crippen LogP contribution in [0.4, 0.5) is 0 Å². The van der Waals surface area contributed by atoms with Gasteiger partial charge in [-0.3, -0.25) is 0 Å². The van der Waals surface area contributed by atoms with Crippen LogP contribution in [-0.2, 0) is 0 Å². The van der Waals surface area contributed by atoms with Crippen LogP contribution in [0.3, 0.4) is 0 Å². The van der Waals surface area contributed by atoms with Crippen molar-refractivity contribution >= 4 is 48.5 Å². The van der Waals surface area contributed by atoms with Gasteiger partial charge in [0.15, 0.2) is 5.58 Å². The van der Waals surface area contributed by atoms with Gasteiger partial charge in [-0.05, 0) is 58.7 Å². The first-order valence-electron chi connectivity index (χ1n) is 6.90. The maximum Gasteiger partial charge on any atom is 0.345 e. The Morgan fingerprint density at radius 3 is 2.83 bits per heavy atom. The number of hydrogen-bond acceptors (Lipinski definition) is 3. The highest BCUT2D eigenvalue weighted by Crippen LogP contribution is 2.29. The first kappa shape index (κ1) is 14.7. The fourth-order valence-electron chi connectivity index (χ4n) is 2.55. The molecule has 3 aromatic heterocycles. The molecule has 0 aliphatic rings. The van der Waals surface area contributed by atoms with Crippen molar-refractivity contribution in [2.24, 2.45) is 0 Å². The van der Waals surface area contributed by atoms with Crippen molar-refractivity contribution in [1.29, 1.82) is 0 Å². The summed E-state index contributed by atoms with van der Waals surface area (Å²) in [4.78, 5) is 16.9. The van der Waals surface area contributed by atoms with Crippen LogP contribution >= 0.6 is 31.9 Å². The molecular formula is C17H10Br2N2O2. The maximum absolute atomic E-state index is 12.4. The van der Waals surface area contributed by atoms with E-state index in [2.05, 4.69) is 36.8 Å². The topological polar surface area (TPSA) is 47.5 Å². The molecule has 114 valence electrons. The Morgan fingerprint density at radius 2 is 2.00 bits per heavy atom. The fourth-order valence-corrected chi connectivity index (χ4v) is 3.89. The van der Waals surface area contributed by atoms with Gasteiger partial charge < -0.3 is 8.82 Å². The minimum Gasteiger partial charge on any atom is -0.421 e. The molecular weight excluding hydrogens is 424 g/mol. The number of halogens is 2. The van der Waals surface area contributed by atoms with E-state index in [4.69, 9.17) is 4.42 Å². The van der Waals surface area contributed by atoms with E-state index in [1.165, 1.54) is 0 Å². The normalized spacial score (nSPS) is 11.4. The zero-order chi connectivity index (χ0) is 16.1. The van der Waals surface area contributed by atoms with Crippen molar-refractivity contribution < 1.29 is 4.42 Å². The summed E-state index contributed by atoms with van der Waals surface area (Å²) in [6.45, 7) is 2.01. The molecule has 4 rings (SSSR count). The molecule has 0 atom stereocenters. The van der Waals surface area contributed by atoms with Crippen molar-refractivity contribution in [2.75, 3.05) is 0 Å². The van der Waals surface area contributed by atoms with E-state index >= 15 is 0 Å². The largest absolute Gasteiger partial charge is 0.421 e. The number of benzene rings is 1. The Labute approximate surface area is 148 Å². The highest BCUT2D eigenvalue weighted by atomic mass is 79.9. The van der Waals surface area contributed by atoms with Crippen molar-refractivity contribution in [3.63, 3.8) is 0 Å². The van der Waals surface area contributed by atoms with Gasteiger partial charge in [-0.1, -0.05) is 15.9 Å². The van der Waals surface area contributed by atoms with Gasteiger partial charge in [0.2, 0.25) is 0 Å². The van der Waals surface area contributed by atoms with Gasteiger partial charge in [0.1, 0.15) is 5.65 Å². The van der Waals surface area contributed by atoms with Crippen LogP contribution in [0.1, 0.15) is 5.56 Å². The summed E-state index contributed by atoms with van der Waals surface area (Å²) in [6.07, 6.45) is 3.76. The zero-order valence-corrected chi connectivity index (χ0v) is 15.2. The van der Waals surface area contributed by atoms with E-state index in [0.29, 0.717) is 16.8 Å². The Balaban J connectivity index is 1.99. The molecule has 1 aromatic carbocycles. The van der Waals surface area contributed by atoms with Crippen LogP contribution in [0.2, 0.25) is 0 Å². The first-order chi connectivity index (χ1) is 11.0. The molecule has 4 aromatic rings. The third-order valence-corrected chi connectivity index (χ3v) is 4.69. The van der Waals surface area contributed by atoms with Crippen LogP contribution < -0.4 is 5.63 Å². The van der Waals surface area contributed by atoms with Gasteiger partial charge in [-0.25, -0.2) is 9.78 Å². The Morgan fingerprint density at radius 1 is 1.17 bits per heavy atom. The zero-order valence-electron chi connectivity index (χ0n) is 12.0. The van der Waals surface area contributed by atoms with Gasteiger partial charge in [0, 0.05) is 22.3 Å². The molecule has 6 heteroatoms. The number of aromatic nitrogens is 2. The van der Waals surface area contributed by atoms with Gasteiger partial charge in [-0.15, -0.1) is 0 Å². The molecule has 4 nitrogen and oxygen atoms in total. The van der Waals surface area contributed by atoms with Crippen LogP contribution in [0.5, 0.6) is 0 Å². The monoisotopic (exact) mass is 432 g/mol. The van der Waals surface area contributed by atoms with Gasteiger partial charge in [0.05, 0.1) is 15.7 Å². The Hall–Kier alpha value is -1.92. The maximum atomic E-state index is 12.4. The van der Waals surface area contributed by atoms with E-state index < -0.39 is 5.63 Å². The van der Waals surface area contributed by atoms with Gasteiger partial charge in [0.25, 0.3) is 0 Å². The van der Waals surface area contributed by atoms with Crippen molar-refractivity contribution in [3.8, 4) is 11.3 Å². The molecule has 0 aliphatic heterocycles. The van der Waals surface area contributed by atoms with E-state index in [-0.39, 0.29) is 0 Å². The highest BCUT2D eigenvalue weighted by molar-refractivity contribution is 9.11. The van der Waals surface area contributed by atoms with Crippen LogP contribution in [0.15, 0.2) is 60.9 Å². The molecule has 0 aliphatic carbocycles. The number of rotatable bonds is 1. The second-order valence-corrected chi connectivity index (χ2v) is 7.12. The predicted molar refractivity (Wildman–Crippen MR) is 96.8 cm³/mol. The minimum atomic E-state index is -0.402. The SMILES string of the molecule is Cc1ccn2cc(-c3cc4cc(Br)cc(Br)c4oc3=O)nc2c1. The van der Waals surface area contributed by atoms with Crippen LogP contribution in [0, 0.1) is 6.92 Å². The molecule has 3 heterocycles. The lowest BCUT2D eigenvalue weighted by atomic mass is 10.1.